The van der Waals surface area contributed by atoms with E-state index in [2.05, 4.69) is 20.4 Å². The van der Waals surface area contributed by atoms with Crippen LogP contribution in [0, 0.1) is 5.82 Å². The molecule has 0 bridgehead atoms. The molecule has 4 rings (SSSR count). The molecule has 2 aromatic carbocycles. The Labute approximate surface area is 157 Å². The van der Waals surface area contributed by atoms with Gasteiger partial charge in [0.25, 0.3) is 0 Å². The quantitative estimate of drug-likeness (QED) is 0.730. The predicted octanol–water partition coefficient (Wildman–Crippen LogP) is 3.03. The van der Waals surface area contributed by atoms with Crippen molar-refractivity contribution in [1.29, 1.82) is 0 Å². The number of nitrogens with zero attached hydrogens (tertiary/aromatic N) is 2. The van der Waals surface area contributed by atoms with Crippen LogP contribution < -0.4 is 5.32 Å². The molecule has 0 spiro atoms. The normalized spacial score (nSPS) is 17.9. The highest BCUT2D eigenvalue weighted by molar-refractivity contribution is 5.87. The first-order chi connectivity index (χ1) is 13.2. The number of H-pyrrole nitrogens is 1. The molecule has 1 aliphatic rings. The lowest BCUT2D eigenvalue weighted by atomic mass is 10.0. The molecule has 2 N–H and O–H groups in total. The molecular weight excluding hydrogens is 343 g/mol. The van der Waals surface area contributed by atoms with E-state index in [-0.39, 0.29) is 24.2 Å². The highest BCUT2D eigenvalue weighted by atomic mass is 19.1. The zero-order chi connectivity index (χ0) is 18.6. The third-order valence-electron chi connectivity index (χ3n) is 5.10. The average Bonchev–Trinajstić information content (AvgIpc) is 3.07. The lowest BCUT2D eigenvalue weighted by Gasteiger charge is -2.33. The lowest BCUT2D eigenvalue weighted by Crippen LogP contribution is -2.47. The van der Waals surface area contributed by atoms with Crippen molar-refractivity contribution in [2.75, 3.05) is 13.1 Å². The molecule has 1 saturated heterocycles. The van der Waals surface area contributed by atoms with E-state index in [4.69, 9.17) is 0 Å². The number of halogens is 1. The number of hydrogen-bond acceptors (Lipinski definition) is 3. The van der Waals surface area contributed by atoms with Gasteiger partial charge < -0.3 is 5.32 Å². The minimum absolute atomic E-state index is 0.0119. The molecule has 5 nitrogen and oxygen atoms in total. The van der Waals surface area contributed by atoms with Crippen LogP contribution in [0.4, 0.5) is 4.39 Å². The van der Waals surface area contributed by atoms with E-state index in [1.54, 1.807) is 6.07 Å². The van der Waals surface area contributed by atoms with Gasteiger partial charge in [0.05, 0.1) is 17.6 Å². The summed E-state index contributed by atoms with van der Waals surface area (Å²) in [5.41, 5.74) is 2.41. The number of nitrogens with one attached hydrogen (secondary N) is 2. The van der Waals surface area contributed by atoms with Crippen LogP contribution in [0.25, 0.3) is 10.9 Å². The highest BCUT2D eigenvalue weighted by Gasteiger charge is 2.22. The Morgan fingerprint density at radius 2 is 2.04 bits per heavy atom. The summed E-state index contributed by atoms with van der Waals surface area (Å²) in [6, 6.07) is 14.7. The Kier molecular flexibility index (Phi) is 5.16. The summed E-state index contributed by atoms with van der Waals surface area (Å²) in [6.45, 7) is 2.24. The van der Waals surface area contributed by atoms with Crippen LogP contribution in [0.5, 0.6) is 0 Å². The van der Waals surface area contributed by atoms with Crippen molar-refractivity contribution in [3.05, 3.63) is 65.6 Å². The van der Waals surface area contributed by atoms with E-state index in [1.807, 2.05) is 36.4 Å². The average molecular weight is 366 g/mol. The van der Waals surface area contributed by atoms with Crippen molar-refractivity contribution in [3.8, 4) is 0 Å². The number of hydrogen-bond donors (Lipinski definition) is 2. The first kappa shape index (κ1) is 17.7. The smallest absolute Gasteiger partial charge is 0.226 e. The Morgan fingerprint density at radius 1 is 1.22 bits per heavy atom. The summed E-state index contributed by atoms with van der Waals surface area (Å²) < 4.78 is 13.9. The van der Waals surface area contributed by atoms with Gasteiger partial charge in [0.2, 0.25) is 5.91 Å². The van der Waals surface area contributed by atoms with E-state index in [0.717, 1.165) is 42.5 Å². The first-order valence-electron chi connectivity index (χ1n) is 9.36. The van der Waals surface area contributed by atoms with Crippen molar-refractivity contribution in [1.82, 2.24) is 20.4 Å². The molecule has 0 radical (unpaired) electrons. The monoisotopic (exact) mass is 366 g/mol. The summed E-state index contributed by atoms with van der Waals surface area (Å²) in [6.07, 6.45) is 2.22. The SMILES string of the molecule is O=C(Cc1[nH]nc2ccccc12)N[C@@H]1CCCN(Cc2ccccc2F)C1. The first-order valence-corrected chi connectivity index (χ1v) is 9.36. The molecule has 2 heterocycles. The summed E-state index contributed by atoms with van der Waals surface area (Å²) >= 11 is 0. The molecule has 1 amide bonds. The van der Waals surface area contributed by atoms with Crippen molar-refractivity contribution in [2.45, 2.75) is 31.8 Å². The van der Waals surface area contributed by atoms with Gasteiger partial charge in [-0.15, -0.1) is 0 Å². The van der Waals surface area contributed by atoms with Crippen molar-refractivity contribution < 1.29 is 9.18 Å². The molecule has 27 heavy (non-hydrogen) atoms. The summed E-state index contributed by atoms with van der Waals surface area (Å²) in [5.74, 6) is -0.183. The molecule has 0 saturated carbocycles. The predicted molar refractivity (Wildman–Crippen MR) is 103 cm³/mol. The summed E-state index contributed by atoms with van der Waals surface area (Å²) in [4.78, 5) is 14.7. The minimum atomic E-state index is -0.171. The molecule has 1 aromatic heterocycles. The van der Waals surface area contributed by atoms with E-state index in [9.17, 15) is 9.18 Å². The minimum Gasteiger partial charge on any atom is -0.352 e. The molecule has 140 valence electrons. The lowest BCUT2D eigenvalue weighted by molar-refractivity contribution is -0.121. The van der Waals surface area contributed by atoms with Crippen molar-refractivity contribution in [3.63, 3.8) is 0 Å². The summed E-state index contributed by atoms with van der Waals surface area (Å²) in [7, 11) is 0. The van der Waals surface area contributed by atoms with E-state index in [0.29, 0.717) is 12.1 Å². The van der Waals surface area contributed by atoms with Gasteiger partial charge in [-0.25, -0.2) is 4.39 Å². The zero-order valence-electron chi connectivity index (χ0n) is 15.1. The van der Waals surface area contributed by atoms with Crippen LogP contribution in [0.15, 0.2) is 48.5 Å². The number of benzene rings is 2. The maximum atomic E-state index is 13.9. The van der Waals surface area contributed by atoms with Gasteiger partial charge in [0, 0.05) is 30.1 Å². The van der Waals surface area contributed by atoms with Gasteiger partial charge in [-0.2, -0.15) is 5.10 Å². The van der Waals surface area contributed by atoms with Gasteiger partial charge in [0.15, 0.2) is 0 Å². The Morgan fingerprint density at radius 3 is 2.93 bits per heavy atom. The van der Waals surface area contributed by atoms with Crippen LogP contribution in [-0.4, -0.2) is 40.1 Å². The number of likely N-dealkylation sites (tertiary alicyclic amines) is 1. The number of para-hydroxylation sites is 1. The maximum absolute atomic E-state index is 13.9. The fraction of sp³-hybridized carbons (Fsp3) is 0.333. The third kappa shape index (κ3) is 4.17. The van der Waals surface area contributed by atoms with Crippen LogP contribution >= 0.6 is 0 Å². The maximum Gasteiger partial charge on any atom is 0.226 e. The Hall–Kier alpha value is -2.73. The van der Waals surface area contributed by atoms with Crippen LogP contribution in [0.1, 0.15) is 24.1 Å². The largest absolute Gasteiger partial charge is 0.352 e. The number of rotatable bonds is 5. The molecule has 3 aromatic rings. The topological polar surface area (TPSA) is 61.0 Å². The number of aromatic amines is 1. The fourth-order valence-corrected chi connectivity index (χ4v) is 3.77. The molecule has 0 aliphatic carbocycles. The van der Waals surface area contributed by atoms with Gasteiger partial charge in [-0.1, -0.05) is 36.4 Å². The Bertz CT molecular complexity index is 939. The summed E-state index contributed by atoms with van der Waals surface area (Å²) in [5, 5.41) is 11.3. The van der Waals surface area contributed by atoms with Crippen LogP contribution in [-0.2, 0) is 17.8 Å². The number of carbonyl (C=O) groups is 1. The van der Waals surface area contributed by atoms with Crippen LogP contribution in [0.3, 0.4) is 0 Å². The standard InChI is InChI=1S/C21H23FN4O/c22-18-9-3-1-6-15(18)13-26-11-5-7-16(14-26)23-21(27)12-20-17-8-2-4-10-19(17)24-25-20/h1-4,6,8-10,16H,5,7,11-14H2,(H,23,27)(H,24,25)/t16-/m1/s1. The van der Waals surface area contributed by atoms with Crippen molar-refractivity contribution in [2.24, 2.45) is 0 Å². The van der Waals surface area contributed by atoms with E-state index in [1.165, 1.54) is 6.07 Å². The number of aromatic nitrogens is 2. The number of amides is 1. The zero-order valence-corrected chi connectivity index (χ0v) is 15.1. The Balaban J connectivity index is 1.35. The second kappa shape index (κ2) is 7.88. The molecule has 6 heteroatoms. The van der Waals surface area contributed by atoms with Gasteiger partial charge >= 0.3 is 0 Å². The van der Waals surface area contributed by atoms with E-state index < -0.39 is 0 Å². The molecular formula is C21H23FN4O. The molecule has 0 unspecified atom stereocenters. The number of carbonyl (C=O) groups excluding carboxylic acids is 1. The third-order valence-corrected chi connectivity index (χ3v) is 5.10. The van der Waals surface area contributed by atoms with Gasteiger partial charge in [-0.05, 0) is 31.5 Å². The van der Waals surface area contributed by atoms with Gasteiger partial charge in [-0.3, -0.25) is 14.8 Å². The molecule has 1 fully saturated rings. The van der Waals surface area contributed by atoms with Gasteiger partial charge in [0.1, 0.15) is 5.82 Å². The number of piperidine rings is 1. The van der Waals surface area contributed by atoms with Crippen LogP contribution in [0.2, 0.25) is 0 Å². The number of fused-ring (bicyclic) bond motifs is 1. The second-order valence-corrected chi connectivity index (χ2v) is 7.13. The molecule has 1 aliphatic heterocycles. The van der Waals surface area contributed by atoms with Crippen molar-refractivity contribution >= 4 is 16.8 Å². The second-order valence-electron chi connectivity index (χ2n) is 7.13. The molecule has 1 atom stereocenters. The fourth-order valence-electron chi connectivity index (χ4n) is 3.77. The van der Waals surface area contributed by atoms with E-state index >= 15 is 0 Å². The highest BCUT2D eigenvalue weighted by Crippen LogP contribution is 2.17.